The Morgan fingerprint density at radius 3 is 2.29 bits per heavy atom. The lowest BCUT2D eigenvalue weighted by Gasteiger charge is -2.31. The number of carbonyl (C=O) groups is 2. The van der Waals surface area contributed by atoms with Crippen LogP contribution in [0.2, 0.25) is 0 Å². The molecular formula is C15H20BrN3O4S. The minimum atomic E-state index is -3.72. The maximum Gasteiger partial charge on any atom is 0.243 e. The van der Waals surface area contributed by atoms with Crippen molar-refractivity contribution in [2.75, 3.05) is 26.7 Å². The Bertz CT molecular complexity index is 713. The molecule has 0 saturated carbocycles. The lowest BCUT2D eigenvalue weighted by Crippen LogP contribution is -2.46. The molecule has 2 N–H and O–H groups in total. The second kappa shape index (κ2) is 7.62. The molecule has 0 radical (unpaired) electrons. The number of piperidine rings is 1. The fourth-order valence-electron chi connectivity index (χ4n) is 2.58. The number of halogens is 1. The number of sulfonamides is 1. The topological polar surface area (TPSA) is 101 Å². The molecule has 0 bridgehead atoms. The number of nitrogens with zero attached hydrogens (tertiary/aromatic N) is 2. The molecule has 9 heteroatoms. The van der Waals surface area contributed by atoms with Gasteiger partial charge in [-0.25, -0.2) is 8.42 Å². The van der Waals surface area contributed by atoms with E-state index >= 15 is 0 Å². The Morgan fingerprint density at radius 2 is 1.79 bits per heavy atom. The molecule has 24 heavy (non-hydrogen) atoms. The molecule has 1 aromatic rings. The van der Waals surface area contributed by atoms with Crippen molar-refractivity contribution in [1.82, 2.24) is 9.21 Å². The number of benzene rings is 1. The van der Waals surface area contributed by atoms with Crippen LogP contribution >= 0.6 is 15.9 Å². The van der Waals surface area contributed by atoms with Gasteiger partial charge in [0.25, 0.3) is 0 Å². The lowest BCUT2D eigenvalue weighted by atomic mass is 9.96. The molecular weight excluding hydrogens is 398 g/mol. The van der Waals surface area contributed by atoms with Crippen LogP contribution in [0.3, 0.4) is 0 Å². The van der Waals surface area contributed by atoms with Crippen molar-refractivity contribution in [3.63, 3.8) is 0 Å². The normalized spacial score (nSPS) is 16.4. The molecule has 1 heterocycles. The smallest absolute Gasteiger partial charge is 0.243 e. The van der Waals surface area contributed by atoms with Gasteiger partial charge in [-0.05, 0) is 37.1 Å². The zero-order valence-corrected chi connectivity index (χ0v) is 15.7. The fourth-order valence-corrected chi connectivity index (χ4v) is 3.96. The molecule has 1 aromatic carbocycles. The summed E-state index contributed by atoms with van der Waals surface area (Å²) in [5, 5.41) is 0. The highest BCUT2D eigenvalue weighted by Crippen LogP contribution is 2.19. The number of primary amides is 1. The number of likely N-dealkylation sites (tertiary alicyclic amines) is 1. The van der Waals surface area contributed by atoms with Crippen molar-refractivity contribution in [2.24, 2.45) is 11.7 Å². The van der Waals surface area contributed by atoms with Gasteiger partial charge in [0.2, 0.25) is 21.8 Å². The molecule has 1 fully saturated rings. The van der Waals surface area contributed by atoms with Crippen LogP contribution in [0.25, 0.3) is 0 Å². The maximum absolute atomic E-state index is 12.5. The van der Waals surface area contributed by atoms with E-state index in [1.807, 2.05) is 0 Å². The van der Waals surface area contributed by atoms with Gasteiger partial charge in [-0.3, -0.25) is 9.59 Å². The number of amides is 2. The monoisotopic (exact) mass is 417 g/mol. The van der Waals surface area contributed by atoms with Crippen molar-refractivity contribution in [3.05, 3.63) is 28.7 Å². The highest BCUT2D eigenvalue weighted by molar-refractivity contribution is 9.10. The standard InChI is InChI=1S/C15H20BrN3O4S/c1-18(24(22,23)13-4-2-12(16)3-5-13)10-14(20)19-8-6-11(7-9-19)15(17)21/h2-5,11H,6-10H2,1H3,(H2,17,21). The number of carbonyl (C=O) groups excluding carboxylic acids is 2. The van der Waals surface area contributed by atoms with E-state index in [2.05, 4.69) is 15.9 Å². The van der Waals surface area contributed by atoms with E-state index in [-0.39, 0.29) is 29.2 Å². The Morgan fingerprint density at radius 1 is 1.25 bits per heavy atom. The molecule has 0 unspecified atom stereocenters. The first-order chi connectivity index (χ1) is 11.2. The first-order valence-corrected chi connectivity index (χ1v) is 9.74. The molecule has 7 nitrogen and oxygen atoms in total. The van der Waals surface area contributed by atoms with Crippen molar-refractivity contribution in [3.8, 4) is 0 Å². The van der Waals surface area contributed by atoms with Gasteiger partial charge < -0.3 is 10.6 Å². The molecule has 2 amide bonds. The molecule has 0 spiro atoms. The van der Waals surface area contributed by atoms with E-state index in [9.17, 15) is 18.0 Å². The van der Waals surface area contributed by atoms with E-state index < -0.39 is 10.0 Å². The zero-order chi connectivity index (χ0) is 17.9. The number of rotatable bonds is 5. The number of hydrogen-bond donors (Lipinski definition) is 1. The van der Waals surface area contributed by atoms with Gasteiger partial charge in [-0.15, -0.1) is 0 Å². The van der Waals surface area contributed by atoms with Gasteiger partial charge >= 0.3 is 0 Å². The highest BCUT2D eigenvalue weighted by atomic mass is 79.9. The minimum Gasteiger partial charge on any atom is -0.369 e. The summed E-state index contributed by atoms with van der Waals surface area (Å²) in [5.74, 6) is -0.837. The van der Waals surface area contributed by atoms with E-state index in [0.29, 0.717) is 25.9 Å². The van der Waals surface area contributed by atoms with Gasteiger partial charge in [-0.1, -0.05) is 15.9 Å². The van der Waals surface area contributed by atoms with E-state index in [4.69, 9.17) is 5.73 Å². The average molecular weight is 418 g/mol. The molecule has 1 aliphatic heterocycles. The van der Waals surface area contributed by atoms with Gasteiger partial charge in [-0.2, -0.15) is 4.31 Å². The van der Waals surface area contributed by atoms with Crippen molar-refractivity contribution >= 4 is 37.8 Å². The van der Waals surface area contributed by atoms with E-state index in [1.54, 1.807) is 17.0 Å². The van der Waals surface area contributed by atoms with Crippen LogP contribution in [0, 0.1) is 5.92 Å². The summed E-state index contributed by atoms with van der Waals surface area (Å²) in [6, 6.07) is 6.24. The Hall–Kier alpha value is -1.45. The van der Waals surface area contributed by atoms with Crippen LogP contribution in [0.5, 0.6) is 0 Å². The fraction of sp³-hybridized carbons (Fsp3) is 0.467. The van der Waals surface area contributed by atoms with E-state index in [0.717, 1.165) is 8.78 Å². The zero-order valence-electron chi connectivity index (χ0n) is 13.3. The summed E-state index contributed by atoms with van der Waals surface area (Å²) in [6.07, 6.45) is 1.04. The van der Waals surface area contributed by atoms with Crippen LogP contribution in [0.1, 0.15) is 12.8 Å². The van der Waals surface area contributed by atoms with Gasteiger partial charge in [0, 0.05) is 30.5 Å². The first kappa shape index (κ1) is 18.9. The van der Waals surface area contributed by atoms with Crippen LogP contribution in [0.4, 0.5) is 0 Å². The molecule has 0 atom stereocenters. The highest BCUT2D eigenvalue weighted by Gasteiger charge is 2.29. The van der Waals surface area contributed by atoms with Crippen LogP contribution in [0.15, 0.2) is 33.6 Å². The molecule has 132 valence electrons. The number of likely N-dealkylation sites (N-methyl/N-ethyl adjacent to an activating group) is 1. The summed E-state index contributed by atoms with van der Waals surface area (Å²) in [4.78, 5) is 25.2. The first-order valence-electron chi connectivity index (χ1n) is 7.51. The molecule has 1 aliphatic rings. The quantitative estimate of drug-likeness (QED) is 0.764. The summed E-state index contributed by atoms with van der Waals surface area (Å²) in [5.41, 5.74) is 5.27. The second-order valence-electron chi connectivity index (χ2n) is 5.77. The summed E-state index contributed by atoms with van der Waals surface area (Å²) >= 11 is 3.25. The van der Waals surface area contributed by atoms with Crippen molar-refractivity contribution in [2.45, 2.75) is 17.7 Å². The van der Waals surface area contributed by atoms with Gasteiger partial charge in [0.05, 0.1) is 11.4 Å². The predicted molar refractivity (Wildman–Crippen MR) is 92.5 cm³/mol. The third-order valence-corrected chi connectivity index (χ3v) is 6.48. The van der Waals surface area contributed by atoms with Gasteiger partial charge in [0.1, 0.15) is 0 Å². The van der Waals surface area contributed by atoms with Crippen LogP contribution in [-0.2, 0) is 19.6 Å². The molecule has 1 saturated heterocycles. The number of nitrogens with two attached hydrogens (primary N) is 1. The SMILES string of the molecule is CN(CC(=O)N1CCC(C(N)=O)CC1)S(=O)(=O)c1ccc(Br)cc1. The molecule has 0 aliphatic carbocycles. The van der Waals surface area contributed by atoms with Gasteiger partial charge in [0.15, 0.2) is 0 Å². The molecule has 2 rings (SSSR count). The minimum absolute atomic E-state index is 0.133. The summed E-state index contributed by atoms with van der Waals surface area (Å²) in [7, 11) is -2.34. The summed E-state index contributed by atoms with van der Waals surface area (Å²) in [6.45, 7) is 0.594. The average Bonchev–Trinajstić information content (AvgIpc) is 2.55. The number of hydrogen-bond acceptors (Lipinski definition) is 4. The third-order valence-electron chi connectivity index (χ3n) is 4.13. The predicted octanol–water partition coefficient (Wildman–Crippen LogP) is 0.794. The molecule has 0 aromatic heterocycles. The lowest BCUT2D eigenvalue weighted by molar-refractivity contribution is -0.134. The van der Waals surface area contributed by atoms with Crippen molar-refractivity contribution < 1.29 is 18.0 Å². The van der Waals surface area contributed by atoms with E-state index in [1.165, 1.54) is 19.2 Å². The largest absolute Gasteiger partial charge is 0.369 e. The van der Waals surface area contributed by atoms with Crippen molar-refractivity contribution in [1.29, 1.82) is 0 Å². The Kier molecular flexibility index (Phi) is 6.00. The second-order valence-corrected chi connectivity index (χ2v) is 8.73. The Labute approximate surface area is 150 Å². The maximum atomic E-state index is 12.5. The summed E-state index contributed by atoms with van der Waals surface area (Å²) < 4.78 is 26.8. The van der Waals surface area contributed by atoms with Crippen LogP contribution in [-0.4, -0.2) is 56.1 Å². The Balaban J connectivity index is 1.98. The third kappa shape index (κ3) is 4.34. The van der Waals surface area contributed by atoms with Crippen LogP contribution < -0.4 is 5.73 Å².